The van der Waals surface area contributed by atoms with Gasteiger partial charge < -0.3 is 10.1 Å². The van der Waals surface area contributed by atoms with E-state index in [0.29, 0.717) is 5.69 Å². The number of amides is 1. The molecule has 0 aliphatic carbocycles. The topological polar surface area (TPSA) is 73.2 Å². The molecule has 6 nitrogen and oxygen atoms in total. The Hall–Kier alpha value is -3.41. The van der Waals surface area contributed by atoms with Crippen molar-refractivity contribution in [1.82, 2.24) is 9.78 Å². The van der Waals surface area contributed by atoms with Gasteiger partial charge in [0.15, 0.2) is 6.61 Å². The van der Waals surface area contributed by atoms with Gasteiger partial charge in [0, 0.05) is 17.8 Å². The van der Waals surface area contributed by atoms with Gasteiger partial charge in [-0.2, -0.15) is 4.68 Å². The average molecular weight is 377 g/mol. The van der Waals surface area contributed by atoms with Gasteiger partial charge in [0.25, 0.3) is 11.5 Å². The number of hydrogen-bond acceptors (Lipinski definition) is 4. The number of ether oxygens (including phenoxy) is 1. The zero-order valence-corrected chi connectivity index (χ0v) is 16.4. The largest absolute Gasteiger partial charge is 0.467 e. The summed E-state index contributed by atoms with van der Waals surface area (Å²) in [7, 11) is 0. The van der Waals surface area contributed by atoms with Gasteiger partial charge in [-0.25, -0.2) is 0 Å². The second kappa shape index (κ2) is 8.08. The molecule has 0 atom stereocenters. The van der Waals surface area contributed by atoms with E-state index in [-0.39, 0.29) is 24.0 Å². The van der Waals surface area contributed by atoms with E-state index in [1.165, 1.54) is 16.8 Å². The van der Waals surface area contributed by atoms with Gasteiger partial charge in [0.2, 0.25) is 5.88 Å². The van der Waals surface area contributed by atoms with Gasteiger partial charge in [-0.15, -0.1) is 5.10 Å². The van der Waals surface area contributed by atoms with Crippen molar-refractivity contribution >= 4 is 11.6 Å². The SMILES string of the molecule is Cc1cc(C)cc(NC(=O)COc2ccc(=O)n(-c3ccc(C)c(C)c3)n2)c1. The van der Waals surface area contributed by atoms with Crippen molar-refractivity contribution < 1.29 is 9.53 Å². The number of benzene rings is 2. The van der Waals surface area contributed by atoms with Crippen molar-refractivity contribution in [3.63, 3.8) is 0 Å². The minimum atomic E-state index is -0.296. The minimum Gasteiger partial charge on any atom is -0.467 e. The summed E-state index contributed by atoms with van der Waals surface area (Å²) in [5.41, 5.74) is 5.43. The number of nitrogens with zero attached hydrogens (tertiary/aromatic N) is 2. The molecule has 0 saturated carbocycles. The number of carbonyl (C=O) groups is 1. The maximum Gasteiger partial charge on any atom is 0.271 e. The molecule has 1 amide bonds. The van der Waals surface area contributed by atoms with Crippen LogP contribution in [0.5, 0.6) is 5.88 Å². The number of aryl methyl sites for hydroxylation is 4. The highest BCUT2D eigenvalue weighted by molar-refractivity contribution is 5.92. The van der Waals surface area contributed by atoms with E-state index in [9.17, 15) is 9.59 Å². The van der Waals surface area contributed by atoms with Gasteiger partial charge in [-0.1, -0.05) is 12.1 Å². The van der Waals surface area contributed by atoms with Crippen molar-refractivity contribution in [1.29, 1.82) is 0 Å². The summed E-state index contributed by atoms with van der Waals surface area (Å²) in [6, 6.07) is 14.3. The third-order valence-corrected chi connectivity index (χ3v) is 4.37. The van der Waals surface area contributed by atoms with Gasteiger partial charge in [0.1, 0.15) is 0 Å². The van der Waals surface area contributed by atoms with E-state index >= 15 is 0 Å². The normalized spacial score (nSPS) is 10.6. The smallest absolute Gasteiger partial charge is 0.271 e. The van der Waals surface area contributed by atoms with Crippen molar-refractivity contribution in [3.05, 3.63) is 81.1 Å². The van der Waals surface area contributed by atoms with E-state index in [1.807, 2.05) is 64.1 Å². The van der Waals surface area contributed by atoms with Crippen LogP contribution < -0.4 is 15.6 Å². The molecule has 3 rings (SSSR count). The Morgan fingerprint density at radius 1 is 0.964 bits per heavy atom. The Morgan fingerprint density at radius 2 is 1.68 bits per heavy atom. The van der Waals surface area contributed by atoms with Crippen LogP contribution in [0, 0.1) is 27.7 Å². The molecule has 0 radical (unpaired) electrons. The van der Waals surface area contributed by atoms with Crippen LogP contribution in [0.4, 0.5) is 5.69 Å². The molecule has 0 saturated heterocycles. The van der Waals surface area contributed by atoms with Crippen LogP contribution in [0.25, 0.3) is 5.69 Å². The summed E-state index contributed by atoms with van der Waals surface area (Å²) < 4.78 is 6.76. The molecule has 3 aromatic rings. The van der Waals surface area contributed by atoms with E-state index < -0.39 is 0 Å². The van der Waals surface area contributed by atoms with E-state index in [2.05, 4.69) is 10.4 Å². The quantitative estimate of drug-likeness (QED) is 0.739. The lowest BCUT2D eigenvalue weighted by molar-refractivity contribution is -0.118. The molecule has 2 aromatic carbocycles. The highest BCUT2D eigenvalue weighted by atomic mass is 16.5. The Balaban J connectivity index is 1.71. The maximum atomic E-state index is 12.2. The van der Waals surface area contributed by atoms with Crippen molar-refractivity contribution in [2.45, 2.75) is 27.7 Å². The zero-order chi connectivity index (χ0) is 20.3. The summed E-state index contributed by atoms with van der Waals surface area (Å²) in [6.45, 7) is 7.72. The molecule has 144 valence electrons. The Morgan fingerprint density at radius 3 is 2.36 bits per heavy atom. The number of rotatable bonds is 5. The molecular formula is C22H23N3O3. The molecule has 1 heterocycles. The lowest BCUT2D eigenvalue weighted by Gasteiger charge is -2.11. The second-order valence-corrected chi connectivity index (χ2v) is 6.90. The van der Waals surface area contributed by atoms with Gasteiger partial charge in [-0.05, 0) is 74.2 Å². The Bertz CT molecular complexity index is 1070. The van der Waals surface area contributed by atoms with Crippen LogP contribution in [-0.2, 0) is 4.79 Å². The summed E-state index contributed by atoms with van der Waals surface area (Å²) in [4.78, 5) is 24.4. The fourth-order valence-electron chi connectivity index (χ4n) is 2.90. The first-order valence-electron chi connectivity index (χ1n) is 9.01. The lowest BCUT2D eigenvalue weighted by atomic mass is 10.1. The molecule has 0 fully saturated rings. The predicted molar refractivity (Wildman–Crippen MR) is 109 cm³/mol. The lowest BCUT2D eigenvalue weighted by Crippen LogP contribution is -2.24. The molecule has 1 aromatic heterocycles. The van der Waals surface area contributed by atoms with Crippen LogP contribution in [0.2, 0.25) is 0 Å². The number of hydrogen-bond donors (Lipinski definition) is 1. The number of carbonyl (C=O) groups excluding carboxylic acids is 1. The molecule has 0 spiro atoms. The summed E-state index contributed by atoms with van der Waals surface area (Å²) >= 11 is 0. The van der Waals surface area contributed by atoms with Crippen molar-refractivity contribution in [2.24, 2.45) is 0 Å². The minimum absolute atomic E-state index is 0.202. The maximum absolute atomic E-state index is 12.2. The van der Waals surface area contributed by atoms with E-state index in [4.69, 9.17) is 4.74 Å². The standard InChI is InChI=1S/C22H23N3O3/c1-14-9-15(2)11-18(10-14)23-20(26)13-28-21-7-8-22(27)25(24-21)19-6-5-16(3)17(4)12-19/h5-12H,13H2,1-4H3,(H,23,26). The molecule has 0 bridgehead atoms. The van der Waals surface area contributed by atoms with Gasteiger partial charge >= 0.3 is 0 Å². The molecule has 6 heteroatoms. The Kier molecular flexibility index (Phi) is 5.59. The molecule has 0 aliphatic rings. The van der Waals surface area contributed by atoms with E-state index in [1.54, 1.807) is 0 Å². The summed E-state index contributed by atoms with van der Waals surface area (Å²) in [5.74, 6) is -0.0934. The third-order valence-electron chi connectivity index (χ3n) is 4.37. The average Bonchev–Trinajstić information content (AvgIpc) is 2.62. The van der Waals surface area contributed by atoms with Gasteiger partial charge in [-0.3, -0.25) is 9.59 Å². The fraction of sp³-hybridized carbons (Fsp3) is 0.227. The van der Waals surface area contributed by atoms with Crippen LogP contribution in [0.1, 0.15) is 22.3 Å². The highest BCUT2D eigenvalue weighted by Crippen LogP contribution is 2.15. The summed E-state index contributed by atoms with van der Waals surface area (Å²) in [5, 5.41) is 7.03. The predicted octanol–water partition coefficient (Wildman–Crippen LogP) is 3.48. The van der Waals surface area contributed by atoms with Crippen LogP contribution in [0.3, 0.4) is 0 Å². The number of nitrogens with one attached hydrogen (secondary N) is 1. The molecular weight excluding hydrogens is 354 g/mol. The highest BCUT2D eigenvalue weighted by Gasteiger charge is 2.09. The molecule has 0 unspecified atom stereocenters. The van der Waals surface area contributed by atoms with Crippen LogP contribution >= 0.6 is 0 Å². The monoisotopic (exact) mass is 377 g/mol. The van der Waals surface area contributed by atoms with Crippen molar-refractivity contribution in [2.75, 3.05) is 11.9 Å². The number of aromatic nitrogens is 2. The van der Waals surface area contributed by atoms with Crippen molar-refractivity contribution in [3.8, 4) is 11.6 Å². The first-order chi connectivity index (χ1) is 13.3. The second-order valence-electron chi connectivity index (χ2n) is 6.90. The van der Waals surface area contributed by atoms with E-state index in [0.717, 1.165) is 27.9 Å². The third kappa shape index (κ3) is 4.65. The van der Waals surface area contributed by atoms with Crippen LogP contribution in [-0.4, -0.2) is 22.3 Å². The Labute approximate surface area is 163 Å². The van der Waals surface area contributed by atoms with Crippen LogP contribution in [0.15, 0.2) is 53.3 Å². The zero-order valence-electron chi connectivity index (χ0n) is 16.4. The molecule has 0 aliphatic heterocycles. The fourth-order valence-corrected chi connectivity index (χ4v) is 2.90. The molecule has 1 N–H and O–H groups in total. The summed E-state index contributed by atoms with van der Waals surface area (Å²) in [6.07, 6.45) is 0. The number of anilines is 1. The first kappa shape index (κ1) is 19.4. The first-order valence-corrected chi connectivity index (χ1v) is 9.01. The van der Waals surface area contributed by atoms with Gasteiger partial charge in [0.05, 0.1) is 5.69 Å². The molecule has 28 heavy (non-hydrogen) atoms.